The molecule has 4 rings (SSSR count). The zero-order chi connectivity index (χ0) is 13.0. The van der Waals surface area contributed by atoms with Gasteiger partial charge in [0.05, 0.1) is 0 Å². The Balaban J connectivity index is 1.80. The lowest BCUT2D eigenvalue weighted by Gasteiger charge is -2.38. The minimum absolute atomic E-state index is 0.0244. The van der Waals surface area contributed by atoms with Crippen molar-refractivity contribution in [3.63, 3.8) is 0 Å². The first-order valence-corrected chi connectivity index (χ1v) is 7.57. The van der Waals surface area contributed by atoms with Crippen LogP contribution in [-0.4, -0.2) is 5.78 Å². The largest absolute Gasteiger partial charge is 0.294 e. The molecule has 1 aromatic carbocycles. The molecule has 0 aromatic heterocycles. The van der Waals surface area contributed by atoms with E-state index in [0.717, 1.165) is 37.7 Å². The summed E-state index contributed by atoms with van der Waals surface area (Å²) in [6, 6.07) is 6.54. The second kappa shape index (κ2) is 3.82. The van der Waals surface area contributed by atoms with Crippen LogP contribution in [0.5, 0.6) is 0 Å². The lowest BCUT2D eigenvalue weighted by molar-refractivity contribution is 0.0670. The smallest absolute Gasteiger partial charge is 0.169 e. The molecule has 0 radical (unpaired) electrons. The molecule has 3 aliphatic rings. The average molecular weight is 252 g/mol. The molecule has 3 aliphatic carbocycles. The average Bonchev–Trinajstić information content (AvgIpc) is 3.04. The van der Waals surface area contributed by atoms with E-state index in [4.69, 9.17) is 0 Å². The molecular formula is C18H20O. The molecule has 0 heterocycles. The number of Topliss-reactive ketones (excluding diaryl/α,β-unsaturated/α-hetero) is 1. The van der Waals surface area contributed by atoms with Crippen molar-refractivity contribution in [1.29, 1.82) is 0 Å². The van der Waals surface area contributed by atoms with Crippen molar-refractivity contribution in [1.82, 2.24) is 0 Å². The van der Waals surface area contributed by atoms with Gasteiger partial charge in [-0.3, -0.25) is 4.79 Å². The first-order valence-electron chi connectivity index (χ1n) is 7.57. The molecule has 0 saturated heterocycles. The Morgan fingerprint density at radius 2 is 2.26 bits per heavy atom. The Hall–Kier alpha value is -1.37. The molecular weight excluding hydrogens is 232 g/mol. The van der Waals surface area contributed by atoms with Crippen LogP contribution in [0.15, 0.2) is 29.8 Å². The fraction of sp³-hybridized carbons (Fsp3) is 0.500. The lowest BCUT2D eigenvalue weighted by atomic mass is 9.63. The van der Waals surface area contributed by atoms with Gasteiger partial charge in [0.15, 0.2) is 5.78 Å². The summed E-state index contributed by atoms with van der Waals surface area (Å²) >= 11 is 0. The minimum Gasteiger partial charge on any atom is -0.294 e. The van der Waals surface area contributed by atoms with E-state index in [1.54, 1.807) is 5.57 Å². The minimum atomic E-state index is -0.0244. The summed E-state index contributed by atoms with van der Waals surface area (Å²) < 4.78 is 0. The normalized spacial score (nSPS) is 31.7. The van der Waals surface area contributed by atoms with Crippen molar-refractivity contribution in [3.8, 4) is 0 Å². The summed E-state index contributed by atoms with van der Waals surface area (Å²) in [5, 5.41) is 0. The van der Waals surface area contributed by atoms with Gasteiger partial charge >= 0.3 is 0 Å². The number of benzene rings is 1. The molecule has 0 aliphatic heterocycles. The van der Waals surface area contributed by atoms with Crippen LogP contribution >= 0.6 is 0 Å². The third kappa shape index (κ3) is 1.45. The fourth-order valence-corrected chi connectivity index (χ4v) is 4.48. The van der Waals surface area contributed by atoms with E-state index in [2.05, 4.69) is 31.2 Å². The molecule has 2 unspecified atom stereocenters. The van der Waals surface area contributed by atoms with Crippen LogP contribution in [-0.2, 0) is 12.8 Å². The Bertz CT molecular complexity index is 596. The number of aryl methyl sites for hydroxylation is 2. The second-order valence-electron chi connectivity index (χ2n) is 6.51. The molecule has 19 heavy (non-hydrogen) atoms. The fourth-order valence-electron chi connectivity index (χ4n) is 4.48. The predicted molar refractivity (Wildman–Crippen MR) is 76.3 cm³/mol. The molecule has 2 atom stereocenters. The first-order chi connectivity index (χ1) is 9.23. The highest BCUT2D eigenvalue weighted by Gasteiger charge is 2.53. The summed E-state index contributed by atoms with van der Waals surface area (Å²) in [6.45, 7) is 2.16. The number of carbonyl (C=O) groups is 1. The van der Waals surface area contributed by atoms with E-state index < -0.39 is 0 Å². The van der Waals surface area contributed by atoms with Crippen molar-refractivity contribution < 1.29 is 4.79 Å². The zero-order valence-corrected chi connectivity index (χ0v) is 11.5. The van der Waals surface area contributed by atoms with E-state index >= 15 is 0 Å². The van der Waals surface area contributed by atoms with Gasteiger partial charge in [0.1, 0.15) is 0 Å². The van der Waals surface area contributed by atoms with Gasteiger partial charge in [-0.2, -0.15) is 0 Å². The van der Waals surface area contributed by atoms with Gasteiger partial charge in [0, 0.05) is 11.0 Å². The van der Waals surface area contributed by atoms with Gasteiger partial charge in [-0.1, -0.05) is 30.7 Å². The van der Waals surface area contributed by atoms with Gasteiger partial charge in [-0.25, -0.2) is 0 Å². The van der Waals surface area contributed by atoms with Crippen LogP contribution < -0.4 is 0 Å². The molecule has 1 aromatic rings. The summed E-state index contributed by atoms with van der Waals surface area (Å²) in [6.07, 6.45) is 8.94. The lowest BCUT2D eigenvalue weighted by Crippen LogP contribution is -2.39. The van der Waals surface area contributed by atoms with E-state index in [1.807, 2.05) is 0 Å². The van der Waals surface area contributed by atoms with Crippen molar-refractivity contribution in [3.05, 3.63) is 46.5 Å². The van der Waals surface area contributed by atoms with Crippen LogP contribution in [0.2, 0.25) is 0 Å². The maximum Gasteiger partial charge on any atom is 0.169 e. The van der Waals surface area contributed by atoms with Gasteiger partial charge < -0.3 is 0 Å². The highest BCUT2D eigenvalue weighted by Crippen LogP contribution is 2.58. The number of fused-ring (bicyclic) bond motifs is 4. The van der Waals surface area contributed by atoms with Crippen LogP contribution in [0.25, 0.3) is 0 Å². The molecule has 1 nitrogen and oxygen atoms in total. The maximum absolute atomic E-state index is 13.1. The number of hydrogen-bond donors (Lipinski definition) is 0. The Morgan fingerprint density at radius 3 is 2.95 bits per heavy atom. The van der Waals surface area contributed by atoms with Crippen molar-refractivity contribution in [2.45, 2.75) is 45.4 Å². The van der Waals surface area contributed by atoms with Gasteiger partial charge in [-0.05, 0) is 61.6 Å². The number of rotatable bonds is 1. The summed E-state index contributed by atoms with van der Waals surface area (Å²) in [5.41, 5.74) is 5.15. The predicted octanol–water partition coefficient (Wildman–Crippen LogP) is 4.10. The third-order valence-electron chi connectivity index (χ3n) is 5.64. The SMILES string of the molecule is CCc1ccc2c(c1)C(=O)C1(CC2)CC2=CCC1C2. The zero-order valence-electron chi connectivity index (χ0n) is 11.5. The highest BCUT2D eigenvalue weighted by atomic mass is 16.1. The monoisotopic (exact) mass is 252 g/mol. The van der Waals surface area contributed by atoms with E-state index in [-0.39, 0.29) is 5.41 Å². The maximum atomic E-state index is 13.1. The number of carbonyl (C=O) groups excluding carboxylic acids is 1. The Kier molecular flexibility index (Phi) is 2.30. The number of ketones is 1. The molecule has 1 fully saturated rings. The Morgan fingerprint density at radius 1 is 1.37 bits per heavy atom. The quantitative estimate of drug-likeness (QED) is 0.688. The molecule has 0 N–H and O–H groups in total. The summed E-state index contributed by atoms with van der Waals surface area (Å²) in [4.78, 5) is 13.1. The van der Waals surface area contributed by atoms with Crippen LogP contribution in [0.4, 0.5) is 0 Å². The van der Waals surface area contributed by atoms with Crippen molar-refractivity contribution >= 4 is 5.78 Å². The summed E-state index contributed by atoms with van der Waals surface area (Å²) in [5.74, 6) is 1.06. The van der Waals surface area contributed by atoms with Gasteiger partial charge in [0.25, 0.3) is 0 Å². The van der Waals surface area contributed by atoms with Crippen LogP contribution in [0.3, 0.4) is 0 Å². The van der Waals surface area contributed by atoms with Crippen LogP contribution in [0.1, 0.15) is 54.1 Å². The first kappa shape index (κ1) is 11.5. The number of hydrogen-bond acceptors (Lipinski definition) is 1. The highest BCUT2D eigenvalue weighted by molar-refractivity contribution is 6.03. The molecule has 2 bridgehead atoms. The van der Waals surface area contributed by atoms with E-state index in [1.165, 1.54) is 17.5 Å². The molecule has 98 valence electrons. The topological polar surface area (TPSA) is 17.1 Å². The second-order valence-corrected chi connectivity index (χ2v) is 6.51. The molecule has 0 amide bonds. The van der Waals surface area contributed by atoms with Gasteiger partial charge in [-0.15, -0.1) is 0 Å². The van der Waals surface area contributed by atoms with Crippen molar-refractivity contribution in [2.24, 2.45) is 11.3 Å². The third-order valence-corrected chi connectivity index (χ3v) is 5.64. The molecule has 1 spiro atoms. The number of allylic oxidation sites excluding steroid dienone is 2. The Labute approximate surface area is 114 Å². The van der Waals surface area contributed by atoms with Gasteiger partial charge in [0.2, 0.25) is 0 Å². The molecule has 1 saturated carbocycles. The molecule has 1 heteroatoms. The van der Waals surface area contributed by atoms with E-state index in [0.29, 0.717) is 11.7 Å². The van der Waals surface area contributed by atoms with E-state index in [9.17, 15) is 4.79 Å². The summed E-state index contributed by atoms with van der Waals surface area (Å²) in [7, 11) is 0. The standard InChI is InChI=1S/C18H20O/c1-2-12-3-5-14-7-8-18(17(19)16(14)10-12)11-13-4-6-15(18)9-13/h3-5,10,15H,2,6-9,11H2,1H3. The van der Waals surface area contributed by atoms with Crippen LogP contribution in [0, 0.1) is 11.3 Å². The van der Waals surface area contributed by atoms with Crippen molar-refractivity contribution in [2.75, 3.05) is 0 Å².